The zero-order valence-corrected chi connectivity index (χ0v) is 8.91. The smallest absolute Gasteiger partial charge is 0.356 e. The molecule has 1 rings (SSSR count). The Balaban J connectivity index is 3.04. The van der Waals surface area contributed by atoms with Crippen molar-refractivity contribution in [2.24, 2.45) is 0 Å². The minimum absolute atomic E-state index is 0.349. The van der Waals surface area contributed by atoms with Crippen molar-refractivity contribution in [1.29, 1.82) is 0 Å². The molecule has 4 atom stereocenters. The standard InChI is InChI=1S/C9H13FO7/c1-3-4(11)2-5(12)6(17-3)9(10,7(13)14)8(15)16/h3-6,11-12H,2H2,1H3,(H,13,14)(H,15,16)/t3-,4?,5+,6?/m0/s1. The van der Waals surface area contributed by atoms with E-state index in [1.165, 1.54) is 6.92 Å². The summed E-state index contributed by atoms with van der Waals surface area (Å²) < 4.78 is 18.7. The van der Waals surface area contributed by atoms with Gasteiger partial charge in [-0.2, -0.15) is 0 Å². The molecule has 98 valence electrons. The second-order valence-electron chi connectivity index (χ2n) is 3.95. The van der Waals surface area contributed by atoms with Crippen molar-refractivity contribution < 1.29 is 39.1 Å². The number of carbonyl (C=O) groups is 2. The van der Waals surface area contributed by atoms with Crippen LogP contribution in [0.2, 0.25) is 0 Å². The van der Waals surface area contributed by atoms with E-state index in [0.717, 1.165) is 0 Å². The van der Waals surface area contributed by atoms with Crippen LogP contribution < -0.4 is 0 Å². The highest BCUT2D eigenvalue weighted by atomic mass is 19.1. The van der Waals surface area contributed by atoms with E-state index in [-0.39, 0.29) is 6.42 Å². The summed E-state index contributed by atoms with van der Waals surface area (Å²) in [5, 5.41) is 36.0. The largest absolute Gasteiger partial charge is 0.478 e. The Morgan fingerprint density at radius 2 is 1.71 bits per heavy atom. The van der Waals surface area contributed by atoms with Crippen LogP contribution in [0.5, 0.6) is 0 Å². The molecule has 0 aromatic heterocycles. The lowest BCUT2D eigenvalue weighted by atomic mass is 9.88. The van der Waals surface area contributed by atoms with Crippen LogP contribution in [-0.2, 0) is 14.3 Å². The minimum Gasteiger partial charge on any atom is -0.478 e. The SMILES string of the molecule is C[C@@H]1OC(C(F)(C(=O)O)C(=O)O)[C@H](O)CC1O. The fourth-order valence-electron chi connectivity index (χ4n) is 1.67. The quantitative estimate of drug-likeness (QED) is 0.463. The van der Waals surface area contributed by atoms with Crippen molar-refractivity contribution in [3.05, 3.63) is 0 Å². The number of hydrogen-bond donors (Lipinski definition) is 4. The molecule has 0 aromatic rings. The van der Waals surface area contributed by atoms with Crippen LogP contribution in [0, 0.1) is 0 Å². The van der Waals surface area contributed by atoms with E-state index < -0.39 is 42.0 Å². The molecule has 1 saturated heterocycles. The molecule has 0 saturated carbocycles. The topological polar surface area (TPSA) is 124 Å². The van der Waals surface area contributed by atoms with Crippen LogP contribution in [0.25, 0.3) is 0 Å². The van der Waals surface area contributed by atoms with Gasteiger partial charge < -0.3 is 25.2 Å². The molecule has 0 aromatic carbocycles. The van der Waals surface area contributed by atoms with Gasteiger partial charge in [0.25, 0.3) is 0 Å². The molecule has 17 heavy (non-hydrogen) atoms. The van der Waals surface area contributed by atoms with Gasteiger partial charge >= 0.3 is 17.6 Å². The molecule has 0 aliphatic carbocycles. The average molecular weight is 252 g/mol. The Morgan fingerprint density at radius 1 is 1.24 bits per heavy atom. The fourth-order valence-corrected chi connectivity index (χ4v) is 1.67. The van der Waals surface area contributed by atoms with Gasteiger partial charge in [-0.3, -0.25) is 0 Å². The lowest BCUT2D eigenvalue weighted by molar-refractivity contribution is -0.220. The van der Waals surface area contributed by atoms with Crippen LogP contribution in [-0.4, -0.2) is 62.4 Å². The van der Waals surface area contributed by atoms with E-state index in [1.54, 1.807) is 0 Å². The Hall–Kier alpha value is -1.25. The number of halogens is 1. The lowest BCUT2D eigenvalue weighted by Crippen LogP contribution is -2.62. The Bertz CT molecular complexity index is 317. The molecule has 0 amide bonds. The van der Waals surface area contributed by atoms with Crippen molar-refractivity contribution in [2.75, 3.05) is 0 Å². The predicted molar refractivity (Wildman–Crippen MR) is 50.1 cm³/mol. The minimum atomic E-state index is -3.74. The van der Waals surface area contributed by atoms with Crippen LogP contribution in [0.3, 0.4) is 0 Å². The van der Waals surface area contributed by atoms with E-state index in [4.69, 9.17) is 14.9 Å². The van der Waals surface area contributed by atoms with Crippen LogP contribution in [0.1, 0.15) is 13.3 Å². The fraction of sp³-hybridized carbons (Fsp3) is 0.778. The first kappa shape index (κ1) is 13.8. The summed E-state index contributed by atoms with van der Waals surface area (Å²) in [7, 11) is 0. The van der Waals surface area contributed by atoms with Crippen molar-refractivity contribution >= 4 is 11.9 Å². The van der Waals surface area contributed by atoms with E-state index in [0.29, 0.717) is 0 Å². The van der Waals surface area contributed by atoms with Crippen LogP contribution in [0.4, 0.5) is 4.39 Å². The molecule has 0 bridgehead atoms. The monoisotopic (exact) mass is 252 g/mol. The summed E-state index contributed by atoms with van der Waals surface area (Å²) in [5.41, 5.74) is -3.74. The molecule has 1 aliphatic rings. The van der Waals surface area contributed by atoms with Crippen molar-refractivity contribution in [3.63, 3.8) is 0 Å². The first-order valence-corrected chi connectivity index (χ1v) is 4.88. The Kier molecular flexibility index (Phi) is 3.70. The second-order valence-corrected chi connectivity index (χ2v) is 3.95. The molecule has 1 heterocycles. The number of hydrogen-bond acceptors (Lipinski definition) is 5. The Labute approximate surface area is 95.4 Å². The molecular weight excluding hydrogens is 239 g/mol. The first-order chi connectivity index (χ1) is 7.71. The number of rotatable bonds is 3. The molecule has 0 spiro atoms. The highest BCUT2D eigenvalue weighted by Gasteiger charge is 2.60. The molecular formula is C9H13FO7. The summed E-state index contributed by atoms with van der Waals surface area (Å²) in [6, 6.07) is 0. The normalized spacial score (nSPS) is 34.4. The number of aliphatic carboxylic acids is 2. The van der Waals surface area contributed by atoms with Gasteiger partial charge in [0.1, 0.15) is 6.10 Å². The zero-order valence-electron chi connectivity index (χ0n) is 8.91. The number of carboxylic acid groups (broad SMARTS) is 2. The van der Waals surface area contributed by atoms with Crippen molar-refractivity contribution in [1.82, 2.24) is 0 Å². The first-order valence-electron chi connectivity index (χ1n) is 4.88. The maximum absolute atomic E-state index is 13.9. The number of ether oxygens (including phenoxy) is 1. The van der Waals surface area contributed by atoms with Gasteiger partial charge in [-0.15, -0.1) is 0 Å². The van der Waals surface area contributed by atoms with E-state index in [2.05, 4.69) is 0 Å². The zero-order chi connectivity index (χ0) is 13.4. The van der Waals surface area contributed by atoms with Crippen LogP contribution in [0.15, 0.2) is 0 Å². The lowest BCUT2D eigenvalue weighted by Gasteiger charge is -2.39. The molecule has 0 radical (unpaired) electrons. The summed E-state index contributed by atoms with van der Waals surface area (Å²) in [4.78, 5) is 21.4. The maximum atomic E-state index is 13.9. The summed E-state index contributed by atoms with van der Waals surface area (Å²) in [5.74, 6) is -4.50. The second kappa shape index (κ2) is 4.55. The number of aliphatic hydroxyl groups is 2. The van der Waals surface area contributed by atoms with Gasteiger partial charge in [-0.25, -0.2) is 14.0 Å². The third-order valence-electron chi connectivity index (χ3n) is 2.75. The van der Waals surface area contributed by atoms with Gasteiger partial charge in [0.05, 0.1) is 18.3 Å². The average Bonchev–Trinajstić information content (AvgIpc) is 2.21. The van der Waals surface area contributed by atoms with E-state index in [1.807, 2.05) is 0 Å². The maximum Gasteiger partial charge on any atom is 0.356 e. The highest BCUT2D eigenvalue weighted by Crippen LogP contribution is 2.31. The van der Waals surface area contributed by atoms with E-state index in [9.17, 15) is 24.2 Å². The number of alkyl halides is 1. The summed E-state index contributed by atoms with van der Waals surface area (Å²) in [6.45, 7) is 1.33. The Morgan fingerprint density at radius 3 is 2.12 bits per heavy atom. The summed E-state index contributed by atoms with van der Waals surface area (Å²) in [6.07, 6.45) is -6.18. The number of carboxylic acids is 2. The molecule has 4 N–H and O–H groups in total. The molecule has 2 unspecified atom stereocenters. The molecule has 8 heteroatoms. The van der Waals surface area contributed by atoms with Gasteiger partial charge in [-0.1, -0.05) is 0 Å². The van der Waals surface area contributed by atoms with Gasteiger partial charge in [0.15, 0.2) is 0 Å². The molecule has 1 fully saturated rings. The van der Waals surface area contributed by atoms with Gasteiger partial charge in [0.2, 0.25) is 0 Å². The molecule has 7 nitrogen and oxygen atoms in total. The van der Waals surface area contributed by atoms with E-state index >= 15 is 0 Å². The molecule has 1 aliphatic heterocycles. The van der Waals surface area contributed by atoms with Crippen LogP contribution >= 0.6 is 0 Å². The number of aliphatic hydroxyl groups excluding tert-OH is 2. The van der Waals surface area contributed by atoms with Crippen molar-refractivity contribution in [2.45, 2.75) is 43.4 Å². The third-order valence-corrected chi connectivity index (χ3v) is 2.75. The summed E-state index contributed by atoms with van der Waals surface area (Å²) >= 11 is 0. The van der Waals surface area contributed by atoms with Gasteiger partial charge in [-0.05, 0) is 6.92 Å². The third kappa shape index (κ3) is 2.24. The highest BCUT2D eigenvalue weighted by molar-refractivity contribution is 6.02. The van der Waals surface area contributed by atoms with Gasteiger partial charge in [0, 0.05) is 6.42 Å². The predicted octanol–water partition coefficient (Wildman–Crippen LogP) is -1.24. The van der Waals surface area contributed by atoms with Crippen molar-refractivity contribution in [3.8, 4) is 0 Å².